The summed E-state index contributed by atoms with van der Waals surface area (Å²) >= 11 is 1.68. The predicted molar refractivity (Wildman–Crippen MR) is 124 cm³/mol. The number of aryl methyl sites for hydroxylation is 2. The summed E-state index contributed by atoms with van der Waals surface area (Å²) in [7, 11) is 0. The molecule has 30 heavy (non-hydrogen) atoms. The molecule has 1 amide bonds. The molecule has 0 saturated carbocycles. The molecular weight excluding hydrogens is 396 g/mol. The van der Waals surface area contributed by atoms with Gasteiger partial charge in [-0.3, -0.25) is 19.1 Å². The number of carbonyl (C=O) groups is 1. The summed E-state index contributed by atoms with van der Waals surface area (Å²) in [5, 5.41) is 0.767. The van der Waals surface area contributed by atoms with Gasteiger partial charge in [0, 0.05) is 18.0 Å². The van der Waals surface area contributed by atoms with Gasteiger partial charge in [-0.25, -0.2) is 4.98 Å². The molecule has 0 aliphatic heterocycles. The zero-order chi connectivity index (χ0) is 21.7. The fourth-order valence-corrected chi connectivity index (χ4v) is 5.62. The van der Waals surface area contributed by atoms with E-state index in [9.17, 15) is 9.59 Å². The zero-order valence-corrected chi connectivity index (χ0v) is 19.8. The molecule has 3 rings (SSSR count). The van der Waals surface area contributed by atoms with Crippen molar-refractivity contribution in [1.82, 2.24) is 19.4 Å². The lowest BCUT2D eigenvalue weighted by molar-refractivity contribution is -0.132. The predicted octanol–water partition coefficient (Wildman–Crippen LogP) is 3.83. The lowest BCUT2D eigenvalue weighted by atomic mass is 9.97. The Morgan fingerprint density at radius 2 is 1.73 bits per heavy atom. The smallest absolute Gasteiger partial charge is 0.263 e. The fraction of sp³-hybridized carbons (Fsp3) is 0.696. The van der Waals surface area contributed by atoms with E-state index in [4.69, 9.17) is 4.98 Å². The Morgan fingerprint density at radius 3 is 2.37 bits per heavy atom. The molecule has 7 heteroatoms. The van der Waals surface area contributed by atoms with E-state index >= 15 is 0 Å². The highest BCUT2D eigenvalue weighted by Crippen LogP contribution is 2.33. The minimum absolute atomic E-state index is 0.0202. The van der Waals surface area contributed by atoms with Crippen molar-refractivity contribution in [3.8, 4) is 0 Å². The van der Waals surface area contributed by atoms with Gasteiger partial charge in [0.2, 0.25) is 5.91 Å². The Balaban J connectivity index is 2.07. The molecule has 6 nitrogen and oxygen atoms in total. The van der Waals surface area contributed by atoms with E-state index in [-0.39, 0.29) is 18.0 Å². The summed E-state index contributed by atoms with van der Waals surface area (Å²) in [6, 6.07) is 0. The maximum atomic E-state index is 13.7. The molecule has 0 unspecified atom stereocenters. The molecule has 0 saturated heterocycles. The Hall–Kier alpha value is -1.73. The second kappa shape index (κ2) is 10.5. The molecule has 166 valence electrons. The van der Waals surface area contributed by atoms with Gasteiger partial charge in [0.25, 0.3) is 5.56 Å². The van der Waals surface area contributed by atoms with Crippen molar-refractivity contribution in [2.24, 2.45) is 0 Å². The SMILES string of the molecule is CCCN(CCC)C(=O)Cn1c(CN(CC)CC)nc2sc3c(c2c1=O)CCCC3. The lowest BCUT2D eigenvalue weighted by Crippen LogP contribution is -2.39. The highest BCUT2D eigenvalue weighted by Gasteiger charge is 2.24. The Labute approximate surface area is 183 Å². The van der Waals surface area contributed by atoms with E-state index < -0.39 is 0 Å². The second-order valence-corrected chi connectivity index (χ2v) is 9.24. The van der Waals surface area contributed by atoms with Gasteiger partial charge < -0.3 is 4.90 Å². The molecule has 1 aliphatic carbocycles. The number of thiophene rings is 1. The van der Waals surface area contributed by atoms with Gasteiger partial charge >= 0.3 is 0 Å². The van der Waals surface area contributed by atoms with E-state index in [0.717, 1.165) is 74.3 Å². The first-order valence-corrected chi connectivity index (χ1v) is 12.4. The quantitative estimate of drug-likeness (QED) is 0.573. The molecule has 0 N–H and O–H groups in total. The molecule has 0 bridgehead atoms. The van der Waals surface area contributed by atoms with Gasteiger partial charge in [-0.1, -0.05) is 27.7 Å². The van der Waals surface area contributed by atoms with E-state index in [1.165, 1.54) is 16.9 Å². The van der Waals surface area contributed by atoms with Crippen molar-refractivity contribution in [2.75, 3.05) is 26.2 Å². The standard InChI is InChI=1S/C23H36N4O2S/c1-5-13-26(14-6-2)20(28)16-27-19(15-25(7-3)8-4)24-22-21(23(27)29)17-11-9-10-12-18(17)30-22/h5-16H2,1-4H3. The summed E-state index contributed by atoms with van der Waals surface area (Å²) in [6.07, 6.45) is 6.14. The first kappa shape index (κ1) is 22.9. The summed E-state index contributed by atoms with van der Waals surface area (Å²) < 4.78 is 1.67. The number of fused-ring (bicyclic) bond motifs is 3. The molecule has 2 heterocycles. The third-order valence-electron chi connectivity index (χ3n) is 6.05. The van der Waals surface area contributed by atoms with E-state index in [1.54, 1.807) is 15.9 Å². The highest BCUT2D eigenvalue weighted by atomic mass is 32.1. The maximum absolute atomic E-state index is 13.7. The number of rotatable bonds is 10. The van der Waals surface area contributed by atoms with Crippen LogP contribution in [0, 0.1) is 0 Å². The first-order chi connectivity index (χ1) is 14.5. The summed E-state index contributed by atoms with van der Waals surface area (Å²) in [5.41, 5.74) is 1.16. The molecule has 0 aromatic carbocycles. The van der Waals surface area contributed by atoms with Crippen LogP contribution in [0.3, 0.4) is 0 Å². The number of amides is 1. The monoisotopic (exact) mass is 432 g/mol. The van der Waals surface area contributed by atoms with Gasteiger partial charge in [0.1, 0.15) is 17.2 Å². The summed E-state index contributed by atoms with van der Waals surface area (Å²) in [6.45, 7) is 12.3. The van der Waals surface area contributed by atoms with Crippen LogP contribution in [0.2, 0.25) is 0 Å². The number of aromatic nitrogens is 2. The van der Waals surface area contributed by atoms with Crippen molar-refractivity contribution in [3.63, 3.8) is 0 Å². The third kappa shape index (κ3) is 4.78. The molecule has 0 radical (unpaired) electrons. The van der Waals surface area contributed by atoms with Crippen LogP contribution in [0.25, 0.3) is 10.2 Å². The summed E-state index contributed by atoms with van der Waals surface area (Å²) in [4.78, 5) is 38.0. The average Bonchev–Trinajstić information content (AvgIpc) is 3.12. The number of carbonyl (C=O) groups excluding carboxylic acids is 1. The largest absolute Gasteiger partial charge is 0.341 e. The van der Waals surface area contributed by atoms with E-state index in [1.807, 2.05) is 4.90 Å². The normalized spacial score (nSPS) is 13.8. The van der Waals surface area contributed by atoms with Crippen LogP contribution >= 0.6 is 11.3 Å². The van der Waals surface area contributed by atoms with Crippen LogP contribution in [0.15, 0.2) is 4.79 Å². The van der Waals surface area contributed by atoms with Crippen molar-refractivity contribution in [1.29, 1.82) is 0 Å². The molecule has 2 aromatic heterocycles. The van der Waals surface area contributed by atoms with Crippen LogP contribution in [0.1, 0.15) is 69.6 Å². The van der Waals surface area contributed by atoms with Crippen molar-refractivity contribution < 1.29 is 4.79 Å². The molecule has 0 spiro atoms. The Kier molecular flexibility index (Phi) is 8.06. The minimum atomic E-state index is -0.0251. The number of nitrogens with zero attached hydrogens (tertiary/aromatic N) is 4. The van der Waals surface area contributed by atoms with Crippen LogP contribution in [-0.4, -0.2) is 51.4 Å². The van der Waals surface area contributed by atoms with Gasteiger partial charge in [0.15, 0.2) is 0 Å². The van der Waals surface area contributed by atoms with Gasteiger partial charge in [-0.15, -0.1) is 11.3 Å². The zero-order valence-electron chi connectivity index (χ0n) is 19.0. The Bertz CT molecular complexity index is 923. The molecule has 1 aliphatic rings. The van der Waals surface area contributed by atoms with E-state index in [0.29, 0.717) is 6.54 Å². The Morgan fingerprint density at radius 1 is 1.07 bits per heavy atom. The second-order valence-electron chi connectivity index (χ2n) is 8.15. The first-order valence-electron chi connectivity index (χ1n) is 11.6. The minimum Gasteiger partial charge on any atom is -0.341 e. The van der Waals surface area contributed by atoms with Crippen LogP contribution in [0.5, 0.6) is 0 Å². The number of hydrogen-bond donors (Lipinski definition) is 0. The van der Waals surface area contributed by atoms with Crippen molar-refractivity contribution in [3.05, 3.63) is 26.6 Å². The summed E-state index contributed by atoms with van der Waals surface area (Å²) in [5.74, 6) is 0.739. The van der Waals surface area contributed by atoms with Gasteiger partial charge in [-0.05, 0) is 57.2 Å². The average molecular weight is 433 g/mol. The van der Waals surface area contributed by atoms with Crippen LogP contribution < -0.4 is 5.56 Å². The molecular formula is C23H36N4O2S. The van der Waals surface area contributed by atoms with Crippen molar-refractivity contribution in [2.45, 2.75) is 79.3 Å². The maximum Gasteiger partial charge on any atom is 0.263 e. The lowest BCUT2D eigenvalue weighted by Gasteiger charge is -2.24. The topological polar surface area (TPSA) is 58.4 Å². The fourth-order valence-electron chi connectivity index (χ4n) is 4.35. The van der Waals surface area contributed by atoms with Gasteiger partial charge in [0.05, 0.1) is 11.9 Å². The molecule has 2 aromatic rings. The van der Waals surface area contributed by atoms with Crippen LogP contribution in [-0.2, 0) is 30.7 Å². The molecule has 0 fully saturated rings. The third-order valence-corrected chi connectivity index (χ3v) is 7.23. The molecule has 0 atom stereocenters. The van der Waals surface area contributed by atoms with Gasteiger partial charge in [-0.2, -0.15) is 0 Å². The number of hydrogen-bond acceptors (Lipinski definition) is 5. The van der Waals surface area contributed by atoms with Crippen molar-refractivity contribution >= 4 is 27.5 Å². The van der Waals surface area contributed by atoms with E-state index in [2.05, 4.69) is 32.6 Å². The van der Waals surface area contributed by atoms with Crippen LogP contribution in [0.4, 0.5) is 0 Å². The highest BCUT2D eigenvalue weighted by molar-refractivity contribution is 7.18.